The number of hydroxylamine groups is 1. The van der Waals surface area contributed by atoms with E-state index in [-0.39, 0.29) is 18.2 Å². The number of nitrogens with one attached hydrogen (secondary N) is 4. The highest BCUT2D eigenvalue weighted by atomic mass is 16.5. The molecule has 0 aliphatic carbocycles. The normalized spacial score (nSPS) is 11.7. The zero-order valence-corrected chi connectivity index (χ0v) is 17.8. The van der Waals surface area contributed by atoms with Gasteiger partial charge in [-0.25, -0.2) is 5.48 Å². The summed E-state index contributed by atoms with van der Waals surface area (Å²) in [6.45, 7) is 0.370. The number of aromatic amines is 1. The van der Waals surface area contributed by atoms with E-state index in [2.05, 4.69) is 15.6 Å². The predicted molar refractivity (Wildman–Crippen MR) is 121 cm³/mol. The first-order chi connectivity index (χ1) is 15.6. The molecule has 0 fully saturated rings. The first kappa shape index (κ1) is 23.0. The highest BCUT2D eigenvalue weighted by molar-refractivity contribution is 6.00. The fourth-order valence-electron chi connectivity index (χ4n) is 3.48. The van der Waals surface area contributed by atoms with Gasteiger partial charge in [0.15, 0.2) is 0 Å². The highest BCUT2D eigenvalue weighted by Crippen LogP contribution is 2.15. The van der Waals surface area contributed by atoms with Gasteiger partial charge in [0, 0.05) is 23.9 Å². The molecule has 3 aromatic rings. The van der Waals surface area contributed by atoms with Gasteiger partial charge in [-0.2, -0.15) is 0 Å². The fourth-order valence-corrected chi connectivity index (χ4v) is 3.48. The van der Waals surface area contributed by atoms with Crippen LogP contribution in [0, 0.1) is 0 Å². The molecule has 2 aromatic carbocycles. The Balaban J connectivity index is 1.60. The molecule has 1 atom stereocenters. The number of rotatable bonds is 11. The van der Waals surface area contributed by atoms with Gasteiger partial charge in [-0.1, -0.05) is 61.4 Å². The molecular weight excluding hydrogens is 408 g/mol. The first-order valence-electron chi connectivity index (χ1n) is 10.7. The third-order valence-corrected chi connectivity index (χ3v) is 5.23. The summed E-state index contributed by atoms with van der Waals surface area (Å²) in [4.78, 5) is 39.9. The maximum atomic E-state index is 12.8. The Labute approximate surface area is 186 Å². The van der Waals surface area contributed by atoms with E-state index in [1.807, 2.05) is 54.6 Å². The van der Waals surface area contributed by atoms with Gasteiger partial charge >= 0.3 is 0 Å². The largest absolute Gasteiger partial charge is 0.351 e. The van der Waals surface area contributed by atoms with Crippen LogP contribution in [-0.4, -0.2) is 34.0 Å². The lowest BCUT2D eigenvalue weighted by atomic mass is 10.1. The van der Waals surface area contributed by atoms with Crippen molar-refractivity contribution in [3.8, 4) is 0 Å². The molecule has 0 saturated carbocycles. The molecule has 0 unspecified atom stereocenters. The minimum absolute atomic E-state index is 0.211. The number of amides is 3. The number of hydrogen-bond acceptors (Lipinski definition) is 4. The maximum absolute atomic E-state index is 12.8. The van der Waals surface area contributed by atoms with E-state index in [1.165, 1.54) is 0 Å². The molecule has 0 aliphatic heterocycles. The van der Waals surface area contributed by atoms with Crippen LogP contribution in [0.2, 0.25) is 0 Å². The van der Waals surface area contributed by atoms with Crippen LogP contribution in [0.5, 0.6) is 0 Å². The fraction of sp³-hybridized carbons (Fsp3) is 0.292. The van der Waals surface area contributed by atoms with E-state index in [0.717, 1.165) is 16.5 Å². The molecule has 168 valence electrons. The Morgan fingerprint density at radius 2 is 1.69 bits per heavy atom. The molecule has 3 rings (SSSR count). The van der Waals surface area contributed by atoms with Crippen molar-refractivity contribution in [3.63, 3.8) is 0 Å². The number of benzene rings is 2. The maximum Gasteiger partial charge on any atom is 0.268 e. The van der Waals surface area contributed by atoms with Crippen LogP contribution in [0.1, 0.15) is 48.2 Å². The molecule has 0 bridgehead atoms. The summed E-state index contributed by atoms with van der Waals surface area (Å²) >= 11 is 0. The summed E-state index contributed by atoms with van der Waals surface area (Å²) in [6, 6.07) is 18.2. The standard InChI is InChI=1S/C24H28N4O4/c29-22(28-32)14-6-2-5-13-20(23(30)25-16-17-9-3-1-4-10-17)27-24(31)21-15-18-11-7-8-12-19(18)26-21/h1,3-4,7-12,15,20,26,32H,2,5-6,13-14,16H2,(H,25,30)(H,27,31)(H,28,29)/t20-/m0/s1. The Kier molecular flexibility index (Phi) is 8.39. The van der Waals surface area contributed by atoms with E-state index >= 15 is 0 Å². The van der Waals surface area contributed by atoms with Crippen LogP contribution >= 0.6 is 0 Å². The van der Waals surface area contributed by atoms with Crippen LogP contribution in [0.25, 0.3) is 10.9 Å². The van der Waals surface area contributed by atoms with Gasteiger partial charge in [0.2, 0.25) is 11.8 Å². The molecule has 8 nitrogen and oxygen atoms in total. The SMILES string of the molecule is O=C(CCCCC[C@H](NC(=O)c1cc2ccccc2[nH]1)C(=O)NCc1ccccc1)NO. The van der Waals surface area contributed by atoms with Crippen molar-refractivity contribution in [3.05, 3.63) is 71.9 Å². The molecule has 1 aromatic heterocycles. The Bertz CT molecular complexity index is 1020. The topological polar surface area (TPSA) is 123 Å². The molecule has 8 heteroatoms. The number of aromatic nitrogens is 1. The summed E-state index contributed by atoms with van der Waals surface area (Å²) in [5.74, 6) is -1.04. The molecule has 0 aliphatic rings. The Morgan fingerprint density at radius 3 is 2.44 bits per heavy atom. The molecule has 3 amide bonds. The number of unbranched alkanes of at least 4 members (excludes halogenated alkanes) is 2. The minimum atomic E-state index is -0.704. The van der Waals surface area contributed by atoms with Gasteiger partial charge in [0.1, 0.15) is 11.7 Å². The zero-order chi connectivity index (χ0) is 22.8. The lowest BCUT2D eigenvalue weighted by Crippen LogP contribution is -2.46. The lowest BCUT2D eigenvalue weighted by molar-refractivity contribution is -0.129. The third kappa shape index (κ3) is 6.68. The van der Waals surface area contributed by atoms with Gasteiger partial charge in [0.05, 0.1) is 0 Å². The molecule has 0 spiro atoms. The summed E-state index contributed by atoms with van der Waals surface area (Å²) in [5, 5.41) is 15.2. The predicted octanol–water partition coefficient (Wildman–Crippen LogP) is 3.04. The second kappa shape index (κ2) is 11.7. The average Bonchev–Trinajstić information content (AvgIpc) is 3.26. The van der Waals surface area contributed by atoms with Crippen molar-refractivity contribution < 1.29 is 19.6 Å². The van der Waals surface area contributed by atoms with E-state index in [9.17, 15) is 14.4 Å². The number of carbonyl (C=O) groups excluding carboxylic acids is 3. The van der Waals surface area contributed by atoms with E-state index in [4.69, 9.17) is 5.21 Å². The van der Waals surface area contributed by atoms with Crippen molar-refractivity contribution in [1.29, 1.82) is 0 Å². The van der Waals surface area contributed by atoms with E-state index in [0.29, 0.717) is 37.9 Å². The summed E-state index contributed by atoms with van der Waals surface area (Å²) in [6.07, 6.45) is 2.57. The summed E-state index contributed by atoms with van der Waals surface area (Å²) in [5.41, 5.74) is 3.82. The van der Waals surface area contributed by atoms with Crippen molar-refractivity contribution in [2.45, 2.75) is 44.7 Å². The lowest BCUT2D eigenvalue weighted by Gasteiger charge is -2.18. The minimum Gasteiger partial charge on any atom is -0.351 e. The molecule has 1 heterocycles. The molecule has 0 saturated heterocycles. The summed E-state index contributed by atoms with van der Waals surface area (Å²) < 4.78 is 0. The van der Waals surface area contributed by atoms with E-state index < -0.39 is 11.9 Å². The molecule has 0 radical (unpaired) electrons. The average molecular weight is 437 g/mol. The first-order valence-corrected chi connectivity index (χ1v) is 10.7. The van der Waals surface area contributed by atoms with Crippen molar-refractivity contribution in [2.75, 3.05) is 0 Å². The number of fused-ring (bicyclic) bond motifs is 1. The summed E-state index contributed by atoms with van der Waals surface area (Å²) in [7, 11) is 0. The van der Waals surface area contributed by atoms with E-state index in [1.54, 1.807) is 11.5 Å². The third-order valence-electron chi connectivity index (χ3n) is 5.23. The number of carbonyl (C=O) groups is 3. The van der Waals surface area contributed by atoms with Gasteiger partial charge in [-0.15, -0.1) is 0 Å². The van der Waals surface area contributed by atoms with Crippen LogP contribution in [0.3, 0.4) is 0 Å². The van der Waals surface area contributed by atoms with Crippen LogP contribution < -0.4 is 16.1 Å². The number of hydrogen-bond donors (Lipinski definition) is 5. The smallest absolute Gasteiger partial charge is 0.268 e. The van der Waals surface area contributed by atoms with Crippen LogP contribution in [0.15, 0.2) is 60.7 Å². The van der Waals surface area contributed by atoms with Crippen LogP contribution in [0.4, 0.5) is 0 Å². The number of H-pyrrole nitrogens is 1. The number of para-hydroxylation sites is 1. The van der Waals surface area contributed by atoms with Gasteiger partial charge < -0.3 is 15.6 Å². The monoisotopic (exact) mass is 436 g/mol. The van der Waals surface area contributed by atoms with Gasteiger partial charge in [0.25, 0.3) is 5.91 Å². The second-order valence-electron chi connectivity index (χ2n) is 7.63. The van der Waals surface area contributed by atoms with Gasteiger partial charge in [-0.3, -0.25) is 19.6 Å². The molecule has 5 N–H and O–H groups in total. The van der Waals surface area contributed by atoms with Crippen molar-refractivity contribution >= 4 is 28.6 Å². The molecular formula is C24H28N4O4. The Morgan fingerprint density at radius 1 is 0.938 bits per heavy atom. The molecule has 32 heavy (non-hydrogen) atoms. The van der Waals surface area contributed by atoms with Gasteiger partial charge in [-0.05, 0) is 30.5 Å². The zero-order valence-electron chi connectivity index (χ0n) is 17.8. The highest BCUT2D eigenvalue weighted by Gasteiger charge is 2.22. The second-order valence-corrected chi connectivity index (χ2v) is 7.63. The quantitative estimate of drug-likeness (QED) is 0.180. The van der Waals surface area contributed by atoms with Crippen molar-refractivity contribution in [2.24, 2.45) is 0 Å². The Hall–Kier alpha value is -3.65. The van der Waals surface area contributed by atoms with Crippen LogP contribution in [-0.2, 0) is 16.1 Å². The van der Waals surface area contributed by atoms with Crippen molar-refractivity contribution in [1.82, 2.24) is 21.1 Å².